The van der Waals surface area contributed by atoms with Crippen molar-refractivity contribution in [3.05, 3.63) is 64.5 Å². The van der Waals surface area contributed by atoms with Gasteiger partial charge in [0.25, 0.3) is 5.69 Å². The summed E-state index contributed by atoms with van der Waals surface area (Å²) in [5.41, 5.74) is -0.697. The quantitative estimate of drug-likeness (QED) is 0.541. The number of aromatic nitrogens is 4. The Morgan fingerprint density at radius 1 is 1.04 bits per heavy atom. The Labute approximate surface area is 132 Å². The highest BCUT2D eigenvalue weighted by molar-refractivity contribution is 5.70. The van der Waals surface area contributed by atoms with E-state index in [9.17, 15) is 23.3 Å². The lowest BCUT2D eigenvalue weighted by Gasteiger charge is -2.04. The Morgan fingerprint density at radius 3 is 2.38 bits per heavy atom. The van der Waals surface area contributed by atoms with Gasteiger partial charge in [-0.15, -0.1) is 10.2 Å². The van der Waals surface area contributed by atoms with Crippen LogP contribution in [0, 0.1) is 10.1 Å². The van der Waals surface area contributed by atoms with Crippen LogP contribution in [0.15, 0.2) is 48.7 Å². The van der Waals surface area contributed by atoms with Crippen LogP contribution in [0.4, 0.5) is 18.9 Å². The second-order valence-corrected chi connectivity index (χ2v) is 4.69. The van der Waals surface area contributed by atoms with Crippen molar-refractivity contribution in [1.29, 1.82) is 0 Å². The minimum atomic E-state index is -4.55. The number of nitro groups is 1. The van der Waals surface area contributed by atoms with Crippen molar-refractivity contribution in [2.24, 2.45) is 0 Å². The van der Waals surface area contributed by atoms with Crippen LogP contribution in [0.1, 0.15) is 5.69 Å². The lowest BCUT2D eigenvalue weighted by Crippen LogP contribution is -2.08. The molecule has 0 unspecified atom stereocenters. The highest BCUT2D eigenvalue weighted by Gasteiger charge is 2.33. The van der Waals surface area contributed by atoms with Gasteiger partial charge in [-0.25, -0.2) is 4.68 Å². The smallest absolute Gasteiger partial charge is 0.258 e. The predicted molar refractivity (Wildman–Crippen MR) is 76.2 cm³/mol. The maximum atomic E-state index is 12.5. The summed E-state index contributed by atoms with van der Waals surface area (Å²) >= 11 is 0. The summed E-state index contributed by atoms with van der Waals surface area (Å²) in [6, 6.07) is 9.60. The van der Waals surface area contributed by atoms with E-state index in [4.69, 9.17) is 0 Å². The number of nitro benzene ring substituents is 1. The van der Waals surface area contributed by atoms with Gasteiger partial charge in [-0.05, 0) is 24.3 Å². The molecule has 10 heteroatoms. The van der Waals surface area contributed by atoms with Crippen LogP contribution in [-0.2, 0) is 6.18 Å². The highest BCUT2D eigenvalue weighted by Crippen LogP contribution is 2.29. The van der Waals surface area contributed by atoms with E-state index in [-0.39, 0.29) is 22.8 Å². The minimum absolute atomic E-state index is 0.0628. The molecule has 0 fully saturated rings. The first-order valence-corrected chi connectivity index (χ1v) is 6.57. The molecular formula is C14H8F3N5O2. The third-order valence-electron chi connectivity index (χ3n) is 3.14. The summed E-state index contributed by atoms with van der Waals surface area (Å²) in [4.78, 5) is 10.5. The van der Waals surface area contributed by atoms with Gasteiger partial charge >= 0.3 is 6.18 Å². The maximum absolute atomic E-state index is 12.5. The van der Waals surface area contributed by atoms with Crippen molar-refractivity contribution in [3.8, 4) is 17.1 Å². The van der Waals surface area contributed by atoms with Crippen molar-refractivity contribution in [3.63, 3.8) is 0 Å². The van der Waals surface area contributed by atoms with Crippen molar-refractivity contribution in [2.45, 2.75) is 6.18 Å². The number of nitrogens with zero attached hydrogens (tertiary/aromatic N) is 5. The zero-order valence-electron chi connectivity index (χ0n) is 11.8. The van der Waals surface area contributed by atoms with Crippen molar-refractivity contribution in [1.82, 2.24) is 20.0 Å². The van der Waals surface area contributed by atoms with Gasteiger partial charge in [0.15, 0.2) is 11.5 Å². The summed E-state index contributed by atoms with van der Waals surface area (Å²) in [5, 5.41) is 22.0. The predicted octanol–water partition coefficient (Wildman–Crippen LogP) is 3.26. The number of rotatable bonds is 3. The molecule has 0 spiro atoms. The Balaban J connectivity index is 1.95. The molecule has 0 aliphatic carbocycles. The molecule has 0 saturated carbocycles. The van der Waals surface area contributed by atoms with Crippen molar-refractivity contribution >= 4 is 5.69 Å². The van der Waals surface area contributed by atoms with Gasteiger partial charge in [0, 0.05) is 12.3 Å². The third-order valence-corrected chi connectivity index (χ3v) is 3.14. The molecule has 0 amide bonds. The van der Waals surface area contributed by atoms with Gasteiger partial charge in [0.1, 0.15) is 0 Å². The molecule has 7 nitrogen and oxygen atoms in total. The van der Waals surface area contributed by atoms with E-state index in [1.165, 1.54) is 30.3 Å². The van der Waals surface area contributed by atoms with E-state index in [2.05, 4.69) is 15.3 Å². The lowest BCUT2D eigenvalue weighted by atomic mass is 10.1. The molecule has 0 atom stereocenters. The fourth-order valence-corrected chi connectivity index (χ4v) is 2.04. The Bertz CT molecular complexity index is 890. The van der Waals surface area contributed by atoms with Crippen LogP contribution >= 0.6 is 0 Å². The zero-order chi connectivity index (χ0) is 17.3. The second-order valence-electron chi connectivity index (χ2n) is 4.69. The topological polar surface area (TPSA) is 86.7 Å². The SMILES string of the molecule is O=[N+]([O-])c1ccccc1-c1ccc(-n2ccc(C(F)(F)F)n2)nn1. The van der Waals surface area contributed by atoms with E-state index in [1.807, 2.05) is 0 Å². The molecule has 2 aromatic heterocycles. The molecule has 2 heterocycles. The van der Waals surface area contributed by atoms with Crippen LogP contribution in [0.2, 0.25) is 0 Å². The largest absolute Gasteiger partial charge is 0.435 e. The summed E-state index contributed by atoms with van der Waals surface area (Å²) in [7, 11) is 0. The second kappa shape index (κ2) is 5.72. The number of para-hydroxylation sites is 1. The van der Waals surface area contributed by atoms with Gasteiger partial charge < -0.3 is 0 Å². The summed E-state index contributed by atoms with van der Waals surface area (Å²) < 4.78 is 38.6. The molecule has 1 aromatic carbocycles. The monoisotopic (exact) mass is 335 g/mol. The van der Waals surface area contributed by atoms with E-state index in [1.54, 1.807) is 6.07 Å². The van der Waals surface area contributed by atoms with Crippen molar-refractivity contribution in [2.75, 3.05) is 0 Å². The summed E-state index contributed by atoms with van der Waals surface area (Å²) in [6.07, 6.45) is -3.44. The summed E-state index contributed by atoms with van der Waals surface area (Å²) in [5.74, 6) is 0.0628. The molecule has 0 saturated heterocycles. The van der Waals surface area contributed by atoms with Crippen molar-refractivity contribution < 1.29 is 18.1 Å². The molecule has 0 N–H and O–H groups in total. The van der Waals surface area contributed by atoms with E-state index in [0.29, 0.717) is 0 Å². The first-order chi connectivity index (χ1) is 11.4. The molecular weight excluding hydrogens is 327 g/mol. The van der Waals surface area contributed by atoms with Gasteiger partial charge in [0.2, 0.25) is 0 Å². The number of alkyl halides is 3. The lowest BCUT2D eigenvalue weighted by molar-refractivity contribution is -0.384. The molecule has 0 bridgehead atoms. The third kappa shape index (κ3) is 2.93. The van der Waals surface area contributed by atoms with E-state index in [0.717, 1.165) is 16.9 Å². The average molecular weight is 335 g/mol. The molecule has 0 aliphatic rings. The molecule has 0 aliphatic heterocycles. The van der Waals surface area contributed by atoms with Gasteiger partial charge in [-0.3, -0.25) is 10.1 Å². The number of hydrogen-bond acceptors (Lipinski definition) is 5. The van der Waals surface area contributed by atoms with Gasteiger partial charge in [-0.1, -0.05) is 12.1 Å². The van der Waals surface area contributed by atoms with Crippen LogP contribution in [0.5, 0.6) is 0 Å². The average Bonchev–Trinajstić information content (AvgIpc) is 3.05. The normalized spacial score (nSPS) is 11.5. The number of halogens is 3. The van der Waals surface area contributed by atoms with E-state index < -0.39 is 16.8 Å². The number of hydrogen-bond donors (Lipinski definition) is 0. The van der Waals surface area contributed by atoms with Crippen LogP contribution in [0.3, 0.4) is 0 Å². The standard InChI is InChI=1S/C14H8F3N5O2/c15-14(16,17)12-7-8-21(20-12)13-6-5-10(18-19-13)9-3-1-2-4-11(9)22(23)24/h1-8H. The van der Waals surface area contributed by atoms with Crippen LogP contribution in [0.25, 0.3) is 17.1 Å². The zero-order valence-corrected chi connectivity index (χ0v) is 11.8. The first-order valence-electron chi connectivity index (χ1n) is 6.57. The molecule has 122 valence electrons. The molecule has 0 radical (unpaired) electrons. The Morgan fingerprint density at radius 2 is 1.79 bits per heavy atom. The Kier molecular flexibility index (Phi) is 3.72. The van der Waals surface area contributed by atoms with Crippen LogP contribution < -0.4 is 0 Å². The van der Waals surface area contributed by atoms with E-state index >= 15 is 0 Å². The molecule has 3 aromatic rings. The fourth-order valence-electron chi connectivity index (χ4n) is 2.04. The van der Waals surface area contributed by atoms with Gasteiger partial charge in [0.05, 0.1) is 16.2 Å². The number of benzene rings is 1. The first kappa shape index (κ1) is 15.6. The molecule has 3 rings (SSSR count). The summed E-state index contributed by atoms with van der Waals surface area (Å²) in [6.45, 7) is 0. The maximum Gasteiger partial charge on any atom is 0.435 e. The minimum Gasteiger partial charge on any atom is -0.258 e. The highest BCUT2D eigenvalue weighted by atomic mass is 19.4. The van der Waals surface area contributed by atoms with Crippen LogP contribution in [-0.4, -0.2) is 24.9 Å². The fraction of sp³-hybridized carbons (Fsp3) is 0.0714. The van der Waals surface area contributed by atoms with Gasteiger partial charge in [-0.2, -0.15) is 18.3 Å². The molecule has 24 heavy (non-hydrogen) atoms. The Hall–Kier alpha value is -3.30.